The number of alkyl halides is 3. The number of rotatable bonds is 5. The van der Waals surface area contributed by atoms with Gasteiger partial charge < -0.3 is 5.32 Å². The van der Waals surface area contributed by atoms with Gasteiger partial charge in [-0.2, -0.15) is 18.3 Å². The first kappa shape index (κ1) is 18.0. The Morgan fingerprint density at radius 3 is 2.58 bits per heavy atom. The van der Waals surface area contributed by atoms with Crippen molar-refractivity contribution in [3.05, 3.63) is 22.6 Å². The van der Waals surface area contributed by atoms with Gasteiger partial charge in [0.1, 0.15) is 12.2 Å². The molecule has 1 amide bonds. The standard InChI is InChI=1S/C14H18F3N5O2/c1-5-10-12(21-24-20-10)18-13(23)7(2)11-8(3)19-22(9(11)4)6-14(15,16)17/h7H,5-6H2,1-4H3,(H,18,21,23). The number of nitrogens with zero attached hydrogens (tertiary/aromatic N) is 4. The van der Waals surface area contributed by atoms with Gasteiger partial charge in [0.15, 0.2) is 0 Å². The second-order valence-corrected chi connectivity index (χ2v) is 5.48. The quantitative estimate of drug-likeness (QED) is 0.900. The molecule has 24 heavy (non-hydrogen) atoms. The fraction of sp³-hybridized carbons (Fsp3) is 0.571. The maximum Gasteiger partial charge on any atom is 0.408 e. The van der Waals surface area contributed by atoms with E-state index in [9.17, 15) is 18.0 Å². The summed E-state index contributed by atoms with van der Waals surface area (Å²) < 4.78 is 43.2. The van der Waals surface area contributed by atoms with E-state index in [0.29, 0.717) is 29.1 Å². The summed E-state index contributed by atoms with van der Waals surface area (Å²) in [6.07, 6.45) is -3.86. The van der Waals surface area contributed by atoms with Crippen LogP contribution >= 0.6 is 0 Å². The topological polar surface area (TPSA) is 85.8 Å². The SMILES string of the molecule is CCc1nonc1NC(=O)C(C)c1c(C)nn(CC(F)(F)F)c1C. The lowest BCUT2D eigenvalue weighted by Gasteiger charge is -2.13. The molecule has 0 radical (unpaired) electrons. The number of aryl methyl sites for hydroxylation is 2. The number of amides is 1. The van der Waals surface area contributed by atoms with Crippen LogP contribution < -0.4 is 5.32 Å². The summed E-state index contributed by atoms with van der Waals surface area (Å²) in [4.78, 5) is 12.4. The minimum absolute atomic E-state index is 0.215. The third kappa shape index (κ3) is 3.74. The second kappa shape index (κ2) is 6.62. The van der Waals surface area contributed by atoms with Crippen LogP contribution in [0.25, 0.3) is 0 Å². The van der Waals surface area contributed by atoms with Crippen LogP contribution in [0.1, 0.15) is 42.4 Å². The number of aromatic nitrogens is 4. The van der Waals surface area contributed by atoms with Crippen LogP contribution in [0.15, 0.2) is 4.63 Å². The Labute approximate surface area is 136 Å². The fourth-order valence-electron chi connectivity index (χ4n) is 2.55. The summed E-state index contributed by atoms with van der Waals surface area (Å²) >= 11 is 0. The Morgan fingerprint density at radius 2 is 2.00 bits per heavy atom. The van der Waals surface area contributed by atoms with Crippen molar-refractivity contribution in [3.63, 3.8) is 0 Å². The van der Waals surface area contributed by atoms with E-state index >= 15 is 0 Å². The van der Waals surface area contributed by atoms with Crippen molar-refractivity contribution in [2.45, 2.75) is 52.8 Å². The summed E-state index contributed by atoms with van der Waals surface area (Å²) in [5.74, 6) is -0.904. The van der Waals surface area contributed by atoms with Gasteiger partial charge in [-0.3, -0.25) is 9.48 Å². The Balaban J connectivity index is 2.23. The molecule has 0 aliphatic carbocycles. The zero-order valence-corrected chi connectivity index (χ0v) is 13.7. The normalized spacial score (nSPS) is 13.1. The summed E-state index contributed by atoms with van der Waals surface area (Å²) in [5.41, 5.74) is 1.65. The van der Waals surface area contributed by atoms with Crippen molar-refractivity contribution >= 4 is 11.7 Å². The van der Waals surface area contributed by atoms with Crippen molar-refractivity contribution in [2.24, 2.45) is 0 Å². The van der Waals surface area contributed by atoms with Crippen molar-refractivity contribution in [3.8, 4) is 0 Å². The molecule has 0 aromatic carbocycles. The minimum atomic E-state index is -4.38. The number of hydrogen-bond donors (Lipinski definition) is 1. The molecule has 10 heteroatoms. The second-order valence-electron chi connectivity index (χ2n) is 5.48. The van der Waals surface area contributed by atoms with Gasteiger partial charge in [0, 0.05) is 11.3 Å². The Morgan fingerprint density at radius 1 is 1.33 bits per heavy atom. The predicted octanol–water partition coefficient (Wildman–Crippen LogP) is 2.75. The van der Waals surface area contributed by atoms with Gasteiger partial charge in [-0.05, 0) is 32.3 Å². The molecule has 0 aliphatic rings. The molecule has 0 bridgehead atoms. The average molecular weight is 345 g/mol. The van der Waals surface area contributed by atoms with Crippen LogP contribution in [0.2, 0.25) is 0 Å². The molecule has 2 aromatic rings. The van der Waals surface area contributed by atoms with Crippen molar-refractivity contribution in [1.82, 2.24) is 20.1 Å². The number of halogens is 3. The Kier molecular flexibility index (Phi) is 4.95. The van der Waals surface area contributed by atoms with Crippen LogP contribution in [0.3, 0.4) is 0 Å². The molecule has 0 saturated heterocycles. The van der Waals surface area contributed by atoms with Gasteiger partial charge in [0.05, 0.1) is 11.6 Å². The van der Waals surface area contributed by atoms with Gasteiger partial charge in [-0.25, -0.2) is 4.63 Å². The number of nitrogens with one attached hydrogen (secondary N) is 1. The molecular weight excluding hydrogens is 327 g/mol. The highest BCUT2D eigenvalue weighted by Gasteiger charge is 2.32. The summed E-state index contributed by atoms with van der Waals surface area (Å²) in [6, 6.07) is 0. The molecule has 0 spiro atoms. The zero-order valence-electron chi connectivity index (χ0n) is 13.7. The predicted molar refractivity (Wildman–Crippen MR) is 78.5 cm³/mol. The van der Waals surface area contributed by atoms with Gasteiger partial charge in [0.2, 0.25) is 11.7 Å². The molecular formula is C14H18F3N5O2. The lowest BCUT2D eigenvalue weighted by atomic mass is 9.98. The molecule has 2 heterocycles. The molecule has 2 aromatic heterocycles. The maximum absolute atomic E-state index is 12.6. The minimum Gasteiger partial charge on any atom is -0.306 e. The van der Waals surface area contributed by atoms with Gasteiger partial charge in [-0.15, -0.1) is 0 Å². The largest absolute Gasteiger partial charge is 0.408 e. The third-order valence-corrected chi connectivity index (χ3v) is 3.73. The highest BCUT2D eigenvalue weighted by atomic mass is 19.4. The highest BCUT2D eigenvalue weighted by Crippen LogP contribution is 2.27. The maximum atomic E-state index is 12.6. The van der Waals surface area contributed by atoms with E-state index in [2.05, 4.69) is 25.4 Å². The van der Waals surface area contributed by atoms with E-state index in [1.165, 1.54) is 6.92 Å². The molecule has 1 unspecified atom stereocenters. The molecule has 2 rings (SSSR count). The van der Waals surface area contributed by atoms with Crippen molar-refractivity contribution < 1.29 is 22.6 Å². The van der Waals surface area contributed by atoms with E-state index in [1.807, 2.05) is 6.92 Å². The summed E-state index contributed by atoms with van der Waals surface area (Å²) in [7, 11) is 0. The molecule has 0 aliphatic heterocycles. The molecule has 1 N–H and O–H groups in total. The van der Waals surface area contributed by atoms with Gasteiger partial charge >= 0.3 is 6.18 Å². The van der Waals surface area contributed by atoms with E-state index in [-0.39, 0.29) is 5.82 Å². The van der Waals surface area contributed by atoms with Crippen molar-refractivity contribution in [2.75, 3.05) is 5.32 Å². The monoisotopic (exact) mass is 345 g/mol. The highest BCUT2D eigenvalue weighted by molar-refractivity contribution is 5.95. The Hall–Kier alpha value is -2.39. The van der Waals surface area contributed by atoms with Crippen LogP contribution in [0.4, 0.5) is 19.0 Å². The first-order valence-electron chi connectivity index (χ1n) is 7.37. The fourth-order valence-corrected chi connectivity index (χ4v) is 2.55. The van der Waals surface area contributed by atoms with Crippen LogP contribution in [0, 0.1) is 13.8 Å². The van der Waals surface area contributed by atoms with E-state index < -0.39 is 24.5 Å². The van der Waals surface area contributed by atoms with Crippen LogP contribution in [-0.2, 0) is 17.8 Å². The van der Waals surface area contributed by atoms with E-state index in [0.717, 1.165) is 4.68 Å². The first-order chi connectivity index (χ1) is 11.1. The van der Waals surface area contributed by atoms with Gasteiger partial charge in [0.25, 0.3) is 0 Å². The number of anilines is 1. The third-order valence-electron chi connectivity index (χ3n) is 3.73. The van der Waals surface area contributed by atoms with E-state index in [1.54, 1.807) is 13.8 Å². The average Bonchev–Trinajstić information content (AvgIpc) is 3.01. The number of carbonyl (C=O) groups is 1. The number of carbonyl (C=O) groups excluding carboxylic acids is 1. The first-order valence-corrected chi connectivity index (χ1v) is 7.37. The molecule has 0 saturated carbocycles. The molecule has 132 valence electrons. The van der Waals surface area contributed by atoms with Crippen LogP contribution in [0.5, 0.6) is 0 Å². The van der Waals surface area contributed by atoms with E-state index in [4.69, 9.17) is 0 Å². The summed E-state index contributed by atoms with van der Waals surface area (Å²) in [5, 5.41) is 13.8. The molecule has 1 atom stereocenters. The lowest BCUT2D eigenvalue weighted by molar-refractivity contribution is -0.143. The lowest BCUT2D eigenvalue weighted by Crippen LogP contribution is -2.22. The Bertz CT molecular complexity index is 735. The molecule has 7 nitrogen and oxygen atoms in total. The number of hydrogen-bond acceptors (Lipinski definition) is 5. The zero-order chi connectivity index (χ0) is 18.1. The van der Waals surface area contributed by atoms with Crippen LogP contribution in [-0.4, -0.2) is 32.2 Å². The smallest absolute Gasteiger partial charge is 0.306 e. The molecule has 0 fully saturated rings. The van der Waals surface area contributed by atoms with Crippen molar-refractivity contribution in [1.29, 1.82) is 0 Å². The summed E-state index contributed by atoms with van der Waals surface area (Å²) in [6.45, 7) is 5.33. The van der Waals surface area contributed by atoms with Gasteiger partial charge in [-0.1, -0.05) is 12.1 Å².